The summed E-state index contributed by atoms with van der Waals surface area (Å²) in [6.45, 7) is 6.83. The highest BCUT2D eigenvalue weighted by atomic mass is 16.2. The summed E-state index contributed by atoms with van der Waals surface area (Å²) in [6, 6.07) is -1.40. The molecule has 0 aromatic rings. The van der Waals surface area contributed by atoms with Crippen molar-refractivity contribution in [3.8, 4) is 0 Å². The summed E-state index contributed by atoms with van der Waals surface area (Å²) in [5.74, 6) is -0.843. The Morgan fingerprint density at radius 3 is 2.65 bits per heavy atom. The van der Waals surface area contributed by atoms with E-state index in [2.05, 4.69) is 15.6 Å². The molecule has 0 radical (unpaired) electrons. The molecular weight excluding hydrogens is 258 g/mol. The van der Waals surface area contributed by atoms with E-state index in [4.69, 9.17) is 0 Å². The van der Waals surface area contributed by atoms with E-state index in [0.29, 0.717) is 5.57 Å². The summed E-state index contributed by atoms with van der Waals surface area (Å²) < 4.78 is 0. The quantitative estimate of drug-likeness (QED) is 0.771. The Kier molecular flexibility index (Phi) is 5.61. The van der Waals surface area contributed by atoms with E-state index in [0.717, 1.165) is 6.42 Å². The first kappa shape index (κ1) is 16.1. The molecule has 1 aliphatic rings. The highest BCUT2D eigenvalue weighted by molar-refractivity contribution is 6.12. The summed E-state index contributed by atoms with van der Waals surface area (Å²) in [5, 5.41) is 5.25. The van der Waals surface area contributed by atoms with Crippen molar-refractivity contribution in [3.05, 3.63) is 11.8 Å². The van der Waals surface area contributed by atoms with Gasteiger partial charge < -0.3 is 10.6 Å². The number of Topliss-reactive ketones (excluding diaryl/α,β-unsaturated/α-hetero) is 1. The predicted octanol–water partition coefficient (Wildman–Crippen LogP) is 0.579. The van der Waals surface area contributed by atoms with Gasteiger partial charge >= 0.3 is 0 Å². The molecule has 20 heavy (non-hydrogen) atoms. The van der Waals surface area contributed by atoms with Crippen molar-refractivity contribution in [2.24, 2.45) is 10.9 Å². The number of rotatable bonds is 5. The van der Waals surface area contributed by atoms with E-state index in [1.807, 2.05) is 13.8 Å². The van der Waals surface area contributed by atoms with Gasteiger partial charge in [-0.15, -0.1) is 0 Å². The summed E-state index contributed by atoms with van der Waals surface area (Å²) in [5.41, 5.74) is 0.498. The molecule has 0 aromatic carbocycles. The predicted molar refractivity (Wildman–Crippen MR) is 76.2 cm³/mol. The number of hydrogen-bond donors (Lipinski definition) is 2. The summed E-state index contributed by atoms with van der Waals surface area (Å²) in [7, 11) is 0. The van der Waals surface area contributed by atoms with E-state index in [9.17, 15) is 14.4 Å². The van der Waals surface area contributed by atoms with Gasteiger partial charge in [0.05, 0.1) is 0 Å². The lowest BCUT2D eigenvalue weighted by Crippen LogP contribution is -2.54. The smallest absolute Gasteiger partial charge is 0.243 e. The second kappa shape index (κ2) is 6.98. The fourth-order valence-electron chi connectivity index (χ4n) is 1.88. The molecule has 1 aliphatic heterocycles. The first-order chi connectivity index (χ1) is 9.36. The molecule has 6 nitrogen and oxygen atoms in total. The normalized spacial score (nSPS) is 20.9. The molecule has 2 N–H and O–H groups in total. The first-order valence-corrected chi connectivity index (χ1v) is 6.68. The molecule has 0 aliphatic carbocycles. The maximum atomic E-state index is 12.2. The molecule has 0 saturated heterocycles. The van der Waals surface area contributed by atoms with Crippen LogP contribution in [0.1, 0.15) is 34.1 Å². The van der Waals surface area contributed by atoms with Crippen molar-refractivity contribution in [2.45, 2.75) is 46.2 Å². The molecule has 0 spiro atoms. The second-order valence-electron chi connectivity index (χ2n) is 5.02. The Balaban J connectivity index is 2.76. The zero-order chi connectivity index (χ0) is 15.3. The standard InChI is InChI=1S/C14H21N3O3/c1-5-8(2)12(16-10(4)18)14(20)17-11-7-15-6-9(3)13(11)19/h6-8,11-12H,5H2,1-4H3,(H,16,18)(H,17,20)/t8-,11-,12-/m0/s1. The van der Waals surface area contributed by atoms with Crippen LogP contribution in [0.5, 0.6) is 0 Å². The Bertz CT molecular complexity index is 468. The molecule has 110 valence electrons. The molecule has 2 amide bonds. The van der Waals surface area contributed by atoms with Crippen LogP contribution in [0.3, 0.4) is 0 Å². The Hall–Kier alpha value is -1.98. The van der Waals surface area contributed by atoms with Crippen molar-refractivity contribution in [1.29, 1.82) is 0 Å². The van der Waals surface area contributed by atoms with Gasteiger partial charge in [-0.1, -0.05) is 20.3 Å². The van der Waals surface area contributed by atoms with Gasteiger partial charge in [0.2, 0.25) is 11.8 Å². The number of nitrogens with one attached hydrogen (secondary N) is 2. The highest BCUT2D eigenvalue weighted by Crippen LogP contribution is 2.10. The number of carbonyl (C=O) groups is 3. The minimum absolute atomic E-state index is 0.0221. The molecule has 1 heterocycles. The van der Waals surface area contributed by atoms with Crippen molar-refractivity contribution < 1.29 is 14.4 Å². The van der Waals surface area contributed by atoms with E-state index in [-0.39, 0.29) is 23.5 Å². The maximum Gasteiger partial charge on any atom is 0.243 e. The Morgan fingerprint density at radius 2 is 2.10 bits per heavy atom. The summed E-state index contributed by atoms with van der Waals surface area (Å²) in [6.07, 6.45) is 3.60. The topological polar surface area (TPSA) is 87.6 Å². The van der Waals surface area contributed by atoms with Gasteiger partial charge in [0.1, 0.15) is 12.1 Å². The molecule has 1 rings (SSSR count). The number of carbonyl (C=O) groups excluding carboxylic acids is 3. The third kappa shape index (κ3) is 4.01. The van der Waals surface area contributed by atoms with E-state index in [1.165, 1.54) is 19.3 Å². The minimum Gasteiger partial charge on any atom is -0.344 e. The van der Waals surface area contributed by atoms with E-state index >= 15 is 0 Å². The van der Waals surface area contributed by atoms with Crippen LogP contribution in [-0.2, 0) is 14.4 Å². The third-order valence-electron chi connectivity index (χ3n) is 3.33. The van der Waals surface area contributed by atoms with Gasteiger partial charge in [0.15, 0.2) is 5.78 Å². The van der Waals surface area contributed by atoms with Crippen molar-refractivity contribution in [3.63, 3.8) is 0 Å². The lowest BCUT2D eigenvalue weighted by molar-refractivity contribution is -0.130. The number of amides is 2. The molecule has 0 fully saturated rings. The summed E-state index contributed by atoms with van der Waals surface area (Å²) in [4.78, 5) is 39.2. The van der Waals surface area contributed by atoms with Crippen LogP contribution < -0.4 is 10.6 Å². The van der Waals surface area contributed by atoms with Crippen LogP contribution in [0, 0.1) is 5.92 Å². The number of ketones is 1. The monoisotopic (exact) mass is 279 g/mol. The van der Waals surface area contributed by atoms with Gasteiger partial charge in [0, 0.05) is 24.9 Å². The number of aliphatic imine (C=N–C) groups is 1. The van der Waals surface area contributed by atoms with Gasteiger partial charge in [-0.25, -0.2) is 0 Å². The average molecular weight is 279 g/mol. The van der Waals surface area contributed by atoms with Crippen LogP contribution in [0.4, 0.5) is 0 Å². The van der Waals surface area contributed by atoms with Crippen molar-refractivity contribution in [2.75, 3.05) is 0 Å². The summed E-state index contributed by atoms with van der Waals surface area (Å²) >= 11 is 0. The van der Waals surface area contributed by atoms with Crippen LogP contribution in [-0.4, -0.2) is 35.9 Å². The zero-order valence-corrected chi connectivity index (χ0v) is 12.3. The molecule has 0 saturated carbocycles. The Labute approximate surface area is 118 Å². The van der Waals surface area contributed by atoms with Gasteiger partial charge in [-0.3, -0.25) is 19.4 Å². The van der Waals surface area contributed by atoms with Crippen LogP contribution in [0.2, 0.25) is 0 Å². The largest absolute Gasteiger partial charge is 0.344 e. The third-order valence-corrected chi connectivity index (χ3v) is 3.33. The number of nitrogens with zero attached hydrogens (tertiary/aromatic N) is 1. The van der Waals surface area contributed by atoms with Crippen LogP contribution >= 0.6 is 0 Å². The van der Waals surface area contributed by atoms with Crippen molar-refractivity contribution >= 4 is 23.8 Å². The first-order valence-electron chi connectivity index (χ1n) is 6.68. The molecule has 0 bridgehead atoms. The van der Waals surface area contributed by atoms with Gasteiger partial charge in [-0.2, -0.15) is 0 Å². The van der Waals surface area contributed by atoms with Gasteiger partial charge in [0.25, 0.3) is 0 Å². The Morgan fingerprint density at radius 1 is 1.45 bits per heavy atom. The molecule has 3 atom stereocenters. The molecule has 6 heteroatoms. The minimum atomic E-state index is -0.757. The van der Waals surface area contributed by atoms with E-state index in [1.54, 1.807) is 6.92 Å². The highest BCUT2D eigenvalue weighted by Gasteiger charge is 2.29. The lowest BCUT2D eigenvalue weighted by Gasteiger charge is -2.25. The van der Waals surface area contributed by atoms with Crippen LogP contribution in [0.25, 0.3) is 0 Å². The van der Waals surface area contributed by atoms with Crippen LogP contribution in [0.15, 0.2) is 16.8 Å². The zero-order valence-electron chi connectivity index (χ0n) is 12.3. The van der Waals surface area contributed by atoms with E-state index < -0.39 is 12.1 Å². The SMILES string of the molecule is CC[C@H](C)[C@H](NC(C)=O)C(=O)N[C@H]1C=NC=C(C)C1=O. The molecular formula is C14H21N3O3. The van der Waals surface area contributed by atoms with Crippen molar-refractivity contribution in [1.82, 2.24) is 10.6 Å². The fourth-order valence-corrected chi connectivity index (χ4v) is 1.88. The molecule has 0 unspecified atom stereocenters. The lowest BCUT2D eigenvalue weighted by atomic mass is 9.97. The van der Waals surface area contributed by atoms with Gasteiger partial charge in [-0.05, 0) is 12.8 Å². The fraction of sp³-hybridized carbons (Fsp3) is 0.571. The second-order valence-corrected chi connectivity index (χ2v) is 5.02. The molecule has 0 aromatic heterocycles. The number of hydrogen-bond acceptors (Lipinski definition) is 4. The average Bonchev–Trinajstić information content (AvgIpc) is 2.40. The maximum absolute atomic E-state index is 12.2.